The van der Waals surface area contributed by atoms with E-state index in [1.165, 1.54) is 302 Å². The van der Waals surface area contributed by atoms with E-state index in [0.717, 1.165) is 44.9 Å². The van der Waals surface area contributed by atoms with Crippen molar-refractivity contribution in [1.82, 2.24) is 5.32 Å². The second-order valence-electron chi connectivity index (χ2n) is 23.2. The highest BCUT2D eigenvalue weighted by Gasteiger charge is 2.20. The Morgan fingerprint density at radius 2 is 0.644 bits per heavy atom. The van der Waals surface area contributed by atoms with Crippen LogP contribution in [0.15, 0.2) is 12.2 Å². The Hall–Kier alpha value is -1.40. The van der Waals surface area contributed by atoms with E-state index in [9.17, 15) is 19.8 Å². The van der Waals surface area contributed by atoms with Gasteiger partial charge in [0.05, 0.1) is 25.4 Å². The molecule has 0 aromatic carbocycles. The molecule has 73 heavy (non-hydrogen) atoms. The molecule has 0 aromatic rings. The van der Waals surface area contributed by atoms with Crippen molar-refractivity contribution < 1.29 is 24.5 Å². The molecule has 0 aliphatic carbocycles. The highest BCUT2D eigenvalue weighted by atomic mass is 16.5. The summed E-state index contributed by atoms with van der Waals surface area (Å²) in [5.74, 6) is -0.0196. The molecular weight excluding hydrogens is 899 g/mol. The number of carbonyl (C=O) groups is 2. The number of unbranched alkanes of at least 4 members (excludes halogenated alkanes) is 50. The number of hydrogen-bond acceptors (Lipinski definition) is 5. The predicted molar refractivity (Wildman–Crippen MR) is 320 cm³/mol. The zero-order valence-corrected chi connectivity index (χ0v) is 49.6. The Labute approximate surface area is 457 Å². The van der Waals surface area contributed by atoms with Crippen LogP contribution in [0.1, 0.15) is 380 Å². The van der Waals surface area contributed by atoms with Crippen LogP contribution in [0.25, 0.3) is 0 Å². The maximum absolute atomic E-state index is 12.5. The summed E-state index contributed by atoms with van der Waals surface area (Å²) in [6.45, 7) is 4.98. The number of rotatable bonds is 63. The van der Waals surface area contributed by atoms with Crippen molar-refractivity contribution in [3.63, 3.8) is 0 Å². The minimum absolute atomic E-state index is 0.0102. The monoisotopic (exact) mass is 1030 g/mol. The Kier molecular flexibility index (Phi) is 61.9. The number of ether oxygens (including phenoxy) is 1. The summed E-state index contributed by atoms with van der Waals surface area (Å²) >= 11 is 0. The van der Waals surface area contributed by atoms with Crippen LogP contribution in [0, 0.1) is 0 Å². The average molecular weight is 1030 g/mol. The fourth-order valence-corrected chi connectivity index (χ4v) is 10.7. The summed E-state index contributed by atoms with van der Waals surface area (Å²) in [6, 6.07) is -0.539. The van der Waals surface area contributed by atoms with Crippen molar-refractivity contribution in [2.45, 2.75) is 392 Å². The van der Waals surface area contributed by atoms with Gasteiger partial charge in [-0.2, -0.15) is 0 Å². The van der Waals surface area contributed by atoms with E-state index in [2.05, 4.69) is 31.3 Å². The molecule has 0 bridgehead atoms. The third-order valence-corrected chi connectivity index (χ3v) is 15.8. The van der Waals surface area contributed by atoms with Gasteiger partial charge >= 0.3 is 5.97 Å². The highest BCUT2D eigenvalue weighted by molar-refractivity contribution is 5.76. The van der Waals surface area contributed by atoms with Crippen LogP contribution in [0.4, 0.5) is 0 Å². The summed E-state index contributed by atoms with van der Waals surface area (Å²) in [4.78, 5) is 24.6. The maximum atomic E-state index is 12.5. The summed E-state index contributed by atoms with van der Waals surface area (Å²) in [5, 5.41) is 23.3. The molecule has 0 aliphatic heterocycles. The number of aliphatic hydroxyl groups excluding tert-OH is 2. The number of amides is 1. The third kappa shape index (κ3) is 59.7. The van der Waals surface area contributed by atoms with E-state index in [-0.39, 0.29) is 18.5 Å². The van der Waals surface area contributed by atoms with Crippen molar-refractivity contribution in [3.05, 3.63) is 12.2 Å². The van der Waals surface area contributed by atoms with Gasteiger partial charge in [-0.1, -0.05) is 328 Å². The first-order chi connectivity index (χ1) is 36.0. The molecule has 6 heteroatoms. The summed E-state index contributed by atoms with van der Waals surface area (Å²) in [7, 11) is 0. The zero-order valence-electron chi connectivity index (χ0n) is 49.6. The first-order valence-electron chi connectivity index (χ1n) is 33.4. The lowest BCUT2D eigenvalue weighted by Gasteiger charge is -2.22. The van der Waals surface area contributed by atoms with Crippen LogP contribution in [0.2, 0.25) is 0 Å². The number of aliphatic hydroxyl groups is 2. The smallest absolute Gasteiger partial charge is 0.305 e. The number of allylic oxidation sites excluding steroid dienone is 2. The molecule has 434 valence electrons. The quantitative estimate of drug-likeness (QED) is 0.0320. The number of esters is 1. The van der Waals surface area contributed by atoms with Crippen LogP contribution in [0.5, 0.6) is 0 Å². The Bertz CT molecular complexity index is 1100. The molecule has 2 atom stereocenters. The second-order valence-corrected chi connectivity index (χ2v) is 23.2. The lowest BCUT2D eigenvalue weighted by Crippen LogP contribution is -2.45. The summed E-state index contributed by atoms with van der Waals surface area (Å²) < 4.78 is 5.49. The Balaban J connectivity index is 3.34. The maximum Gasteiger partial charge on any atom is 0.305 e. The lowest BCUT2D eigenvalue weighted by atomic mass is 10.0. The van der Waals surface area contributed by atoms with E-state index in [1.54, 1.807) is 0 Å². The second kappa shape index (κ2) is 63.1. The number of hydrogen-bond donors (Lipinski definition) is 3. The third-order valence-electron chi connectivity index (χ3n) is 15.8. The highest BCUT2D eigenvalue weighted by Crippen LogP contribution is 2.19. The topological polar surface area (TPSA) is 95.9 Å². The van der Waals surface area contributed by atoms with Crippen molar-refractivity contribution >= 4 is 11.9 Å². The average Bonchev–Trinajstić information content (AvgIpc) is 3.39. The Morgan fingerprint density at radius 3 is 0.973 bits per heavy atom. The number of carbonyl (C=O) groups excluding carboxylic acids is 2. The van der Waals surface area contributed by atoms with E-state index < -0.39 is 12.1 Å². The zero-order chi connectivity index (χ0) is 52.9. The first-order valence-corrected chi connectivity index (χ1v) is 33.4. The normalized spacial score (nSPS) is 12.5. The van der Waals surface area contributed by atoms with Gasteiger partial charge in [0.25, 0.3) is 0 Å². The molecule has 0 aromatic heterocycles. The molecular formula is C67H131NO5. The summed E-state index contributed by atoms with van der Waals surface area (Å²) in [6.07, 6.45) is 76.7. The van der Waals surface area contributed by atoms with Crippen LogP contribution in [-0.2, 0) is 14.3 Å². The largest absolute Gasteiger partial charge is 0.466 e. The molecule has 0 saturated heterocycles. The molecule has 3 N–H and O–H groups in total. The molecule has 6 nitrogen and oxygen atoms in total. The SMILES string of the molecule is CCCCCCCC/C=C\CCCCCCCC(=O)OCCCCCCCCCCCCCCCCCCCCCCCCCCCCC(=O)NC(CO)C(O)CCCCCCCCCCCCCCCCC. The van der Waals surface area contributed by atoms with Gasteiger partial charge in [0.1, 0.15) is 0 Å². The fourth-order valence-electron chi connectivity index (χ4n) is 10.7. The van der Waals surface area contributed by atoms with Gasteiger partial charge in [0.2, 0.25) is 5.91 Å². The minimum atomic E-state index is -0.662. The van der Waals surface area contributed by atoms with Crippen molar-refractivity contribution in [1.29, 1.82) is 0 Å². The van der Waals surface area contributed by atoms with Gasteiger partial charge in [-0.3, -0.25) is 9.59 Å². The predicted octanol–water partition coefficient (Wildman–Crippen LogP) is 21.2. The molecule has 2 unspecified atom stereocenters. The molecule has 0 heterocycles. The van der Waals surface area contributed by atoms with Gasteiger partial charge in [0.15, 0.2) is 0 Å². The lowest BCUT2D eigenvalue weighted by molar-refractivity contribution is -0.143. The summed E-state index contributed by atoms with van der Waals surface area (Å²) in [5.41, 5.74) is 0. The van der Waals surface area contributed by atoms with Crippen molar-refractivity contribution in [2.75, 3.05) is 13.2 Å². The van der Waals surface area contributed by atoms with Crippen LogP contribution < -0.4 is 5.32 Å². The molecule has 0 fully saturated rings. The standard InChI is InChI=1S/C67H131NO5/c1-3-5-7-9-11-13-15-17-31-35-39-43-47-51-55-59-65(70)64(63-69)68-66(71)60-56-52-48-44-40-36-33-29-27-25-23-21-19-20-22-24-26-28-30-34-38-42-46-50-54-58-62-73-67(72)61-57-53-49-45-41-37-32-18-16-14-12-10-8-6-4-2/h18,32,64-65,69-70H,3-17,19-31,33-63H2,1-2H3,(H,68,71)/b32-18-. The van der Waals surface area contributed by atoms with Gasteiger partial charge in [-0.25, -0.2) is 0 Å². The van der Waals surface area contributed by atoms with Crippen molar-refractivity contribution in [2.24, 2.45) is 0 Å². The van der Waals surface area contributed by atoms with Crippen LogP contribution in [-0.4, -0.2) is 47.4 Å². The van der Waals surface area contributed by atoms with E-state index in [4.69, 9.17) is 4.74 Å². The van der Waals surface area contributed by atoms with Crippen LogP contribution in [0.3, 0.4) is 0 Å². The van der Waals surface area contributed by atoms with E-state index in [1.807, 2.05) is 0 Å². The van der Waals surface area contributed by atoms with Gasteiger partial charge < -0.3 is 20.3 Å². The minimum Gasteiger partial charge on any atom is -0.466 e. The molecule has 0 aliphatic rings. The van der Waals surface area contributed by atoms with E-state index >= 15 is 0 Å². The van der Waals surface area contributed by atoms with Gasteiger partial charge in [0, 0.05) is 12.8 Å². The first kappa shape index (κ1) is 71.6. The van der Waals surface area contributed by atoms with Gasteiger partial charge in [-0.15, -0.1) is 0 Å². The van der Waals surface area contributed by atoms with E-state index in [0.29, 0.717) is 25.9 Å². The molecule has 0 radical (unpaired) electrons. The fraction of sp³-hybridized carbons (Fsp3) is 0.940. The van der Waals surface area contributed by atoms with Crippen LogP contribution >= 0.6 is 0 Å². The Morgan fingerprint density at radius 1 is 0.370 bits per heavy atom. The van der Waals surface area contributed by atoms with Gasteiger partial charge in [-0.05, 0) is 51.4 Å². The molecule has 0 rings (SSSR count). The molecule has 0 saturated carbocycles. The molecule has 1 amide bonds. The van der Waals surface area contributed by atoms with Crippen molar-refractivity contribution in [3.8, 4) is 0 Å². The molecule has 0 spiro atoms. The number of nitrogens with one attached hydrogen (secondary N) is 1.